The molecule has 0 radical (unpaired) electrons. The van der Waals surface area contributed by atoms with Crippen molar-refractivity contribution in [1.29, 1.82) is 0 Å². The van der Waals surface area contributed by atoms with Crippen molar-refractivity contribution < 1.29 is 24.1 Å². The normalized spacial score (nSPS) is 12.4. The predicted octanol–water partition coefficient (Wildman–Crippen LogP) is 5.58. The quantitative estimate of drug-likeness (QED) is 0.0962. The van der Waals surface area contributed by atoms with Crippen molar-refractivity contribution in [2.24, 2.45) is 0 Å². The second-order valence-corrected chi connectivity index (χ2v) is 9.33. The van der Waals surface area contributed by atoms with Gasteiger partial charge in [0.2, 0.25) is 0 Å². The Balaban J connectivity index is 1.14. The van der Waals surface area contributed by atoms with E-state index < -0.39 is 4.92 Å². The molecule has 4 aromatic carbocycles. The van der Waals surface area contributed by atoms with Crippen LogP contribution in [0.3, 0.4) is 0 Å². The molecule has 3 amide bonds. The van der Waals surface area contributed by atoms with Crippen LogP contribution in [0.4, 0.5) is 11.4 Å². The summed E-state index contributed by atoms with van der Waals surface area (Å²) < 4.78 is 0. The van der Waals surface area contributed by atoms with Crippen molar-refractivity contribution in [2.75, 3.05) is 11.9 Å². The third kappa shape index (κ3) is 5.99. The third-order valence-corrected chi connectivity index (χ3v) is 6.68. The number of hydrogen-bond donors (Lipinski definition) is 1. The Bertz CT molecular complexity index is 1660. The van der Waals surface area contributed by atoms with Crippen molar-refractivity contribution in [2.45, 2.75) is 6.42 Å². The Morgan fingerprint density at radius 2 is 1.37 bits per heavy atom. The average molecular weight is 546 g/mol. The maximum Gasteiger partial charge on any atom is 0.269 e. The molecule has 9 nitrogen and oxygen atoms in total. The highest BCUT2D eigenvalue weighted by Gasteiger charge is 2.34. The van der Waals surface area contributed by atoms with Crippen LogP contribution in [0.5, 0.6) is 0 Å². The molecule has 5 rings (SSSR count). The van der Waals surface area contributed by atoms with Crippen molar-refractivity contribution >= 4 is 41.0 Å². The van der Waals surface area contributed by atoms with E-state index in [1.807, 2.05) is 0 Å². The number of carbonyl (C=O) groups excluding carboxylic acids is 4. The maximum absolute atomic E-state index is 12.7. The Hall–Kier alpha value is -5.70. The number of rotatable bonds is 9. The maximum atomic E-state index is 12.7. The van der Waals surface area contributed by atoms with Gasteiger partial charge in [0.05, 0.1) is 16.1 Å². The second-order valence-electron chi connectivity index (χ2n) is 9.33. The number of imide groups is 1. The van der Waals surface area contributed by atoms with Gasteiger partial charge in [-0.1, -0.05) is 30.3 Å². The molecule has 0 saturated heterocycles. The molecule has 41 heavy (non-hydrogen) atoms. The molecule has 0 spiro atoms. The van der Waals surface area contributed by atoms with E-state index >= 15 is 0 Å². The van der Waals surface area contributed by atoms with Gasteiger partial charge in [-0.25, -0.2) is 0 Å². The number of anilines is 1. The molecule has 1 heterocycles. The SMILES string of the molecule is O=C(/C=C/c1ccc([N+](=O)[O-])cc1)c1ccc(NC(=O)c2ccc(CCN3C(=O)c4ccccc4C3=O)cc2)cc1. The van der Waals surface area contributed by atoms with Gasteiger partial charge in [-0.05, 0) is 84.3 Å². The van der Waals surface area contributed by atoms with E-state index in [0.717, 1.165) is 5.56 Å². The number of benzene rings is 4. The number of carbonyl (C=O) groups is 4. The number of amides is 3. The van der Waals surface area contributed by atoms with E-state index in [2.05, 4.69) is 5.32 Å². The monoisotopic (exact) mass is 545 g/mol. The van der Waals surface area contributed by atoms with Crippen LogP contribution in [0.15, 0.2) is 103 Å². The molecule has 1 aliphatic heterocycles. The molecule has 1 aliphatic rings. The van der Waals surface area contributed by atoms with Crippen LogP contribution in [0, 0.1) is 10.1 Å². The molecule has 0 bridgehead atoms. The molecule has 0 saturated carbocycles. The van der Waals surface area contributed by atoms with Gasteiger partial charge in [0.15, 0.2) is 5.78 Å². The lowest BCUT2D eigenvalue weighted by Gasteiger charge is -2.14. The van der Waals surface area contributed by atoms with Crippen LogP contribution in [0.25, 0.3) is 6.08 Å². The van der Waals surface area contributed by atoms with Gasteiger partial charge in [0.1, 0.15) is 0 Å². The standard InChI is InChI=1S/C32H23N3O6/c36-29(18-9-21-7-16-26(17-8-21)35(40)41)23-12-14-25(15-13-23)33-30(37)24-10-5-22(6-11-24)19-20-34-31(38)27-3-1-2-4-28(27)32(34)39/h1-18H,19-20H2,(H,33,37)/b18-9+. The van der Waals surface area contributed by atoms with Crippen molar-refractivity contribution in [3.05, 3.63) is 147 Å². The van der Waals surface area contributed by atoms with Gasteiger partial charge in [-0.2, -0.15) is 0 Å². The number of nitrogens with one attached hydrogen (secondary N) is 1. The van der Waals surface area contributed by atoms with Gasteiger partial charge >= 0.3 is 0 Å². The lowest BCUT2D eigenvalue weighted by molar-refractivity contribution is -0.384. The van der Waals surface area contributed by atoms with Crippen LogP contribution in [0.2, 0.25) is 0 Å². The summed E-state index contributed by atoms with van der Waals surface area (Å²) in [5.74, 6) is -1.17. The summed E-state index contributed by atoms with van der Waals surface area (Å²) in [4.78, 5) is 61.8. The Kier molecular flexibility index (Phi) is 7.60. The largest absolute Gasteiger partial charge is 0.322 e. The van der Waals surface area contributed by atoms with Gasteiger partial charge in [0, 0.05) is 35.5 Å². The van der Waals surface area contributed by atoms with Crippen LogP contribution in [0.1, 0.15) is 52.6 Å². The Morgan fingerprint density at radius 3 is 1.95 bits per heavy atom. The first kappa shape index (κ1) is 26.9. The van der Waals surface area contributed by atoms with Crippen LogP contribution >= 0.6 is 0 Å². The molecule has 1 N–H and O–H groups in total. The third-order valence-electron chi connectivity index (χ3n) is 6.68. The molecular formula is C32H23N3O6. The minimum absolute atomic E-state index is 0.0263. The zero-order valence-electron chi connectivity index (χ0n) is 21.7. The minimum atomic E-state index is -0.488. The summed E-state index contributed by atoms with van der Waals surface area (Å²) in [6.45, 7) is 0.242. The zero-order valence-corrected chi connectivity index (χ0v) is 21.7. The molecular weight excluding hydrogens is 522 g/mol. The minimum Gasteiger partial charge on any atom is -0.322 e. The summed E-state index contributed by atoms with van der Waals surface area (Å²) >= 11 is 0. The van der Waals surface area contributed by atoms with E-state index in [1.54, 1.807) is 91.0 Å². The molecule has 0 fully saturated rings. The highest BCUT2D eigenvalue weighted by atomic mass is 16.6. The molecule has 0 aliphatic carbocycles. The average Bonchev–Trinajstić information content (AvgIpc) is 3.24. The summed E-state index contributed by atoms with van der Waals surface area (Å²) in [5, 5.41) is 13.5. The van der Waals surface area contributed by atoms with E-state index in [1.165, 1.54) is 23.1 Å². The highest BCUT2D eigenvalue weighted by Crippen LogP contribution is 2.23. The molecule has 0 aromatic heterocycles. The predicted molar refractivity (Wildman–Crippen MR) is 153 cm³/mol. The molecule has 0 unspecified atom stereocenters. The van der Waals surface area contributed by atoms with Gasteiger partial charge in [-0.3, -0.25) is 34.2 Å². The number of nitro benzene ring substituents is 1. The number of fused-ring (bicyclic) bond motifs is 1. The second kappa shape index (κ2) is 11.6. The fourth-order valence-electron chi connectivity index (χ4n) is 4.40. The van der Waals surface area contributed by atoms with Crippen molar-refractivity contribution in [3.63, 3.8) is 0 Å². The lowest BCUT2D eigenvalue weighted by atomic mass is 10.1. The Labute approximate surface area is 234 Å². The number of hydrogen-bond acceptors (Lipinski definition) is 6. The molecule has 9 heteroatoms. The highest BCUT2D eigenvalue weighted by molar-refractivity contribution is 6.21. The zero-order chi connectivity index (χ0) is 28.9. The van der Waals surface area contributed by atoms with E-state index in [-0.39, 0.29) is 35.7 Å². The number of allylic oxidation sites excluding steroid dienone is 1. The summed E-state index contributed by atoms with van der Waals surface area (Å²) in [6.07, 6.45) is 3.41. The van der Waals surface area contributed by atoms with Gasteiger partial charge < -0.3 is 5.32 Å². The van der Waals surface area contributed by atoms with Crippen LogP contribution < -0.4 is 5.32 Å². The number of nitro groups is 1. The first-order valence-electron chi connectivity index (χ1n) is 12.7. The van der Waals surface area contributed by atoms with Crippen LogP contribution in [-0.2, 0) is 6.42 Å². The molecule has 202 valence electrons. The first-order valence-corrected chi connectivity index (χ1v) is 12.7. The number of nitrogens with zero attached hydrogens (tertiary/aromatic N) is 2. The fourth-order valence-corrected chi connectivity index (χ4v) is 4.40. The summed E-state index contributed by atoms with van der Waals surface area (Å²) in [5.41, 5.74) is 3.71. The summed E-state index contributed by atoms with van der Waals surface area (Å²) in [7, 11) is 0. The smallest absolute Gasteiger partial charge is 0.269 e. The Morgan fingerprint density at radius 1 is 0.780 bits per heavy atom. The van der Waals surface area contributed by atoms with Crippen molar-refractivity contribution in [3.8, 4) is 0 Å². The van der Waals surface area contributed by atoms with Crippen LogP contribution in [-0.4, -0.2) is 39.9 Å². The summed E-state index contributed by atoms with van der Waals surface area (Å²) in [6, 6.07) is 26.0. The topological polar surface area (TPSA) is 127 Å². The first-order chi connectivity index (χ1) is 19.8. The van der Waals surface area contributed by atoms with E-state index in [0.29, 0.717) is 39.9 Å². The van der Waals surface area contributed by atoms with Gasteiger partial charge in [0.25, 0.3) is 23.4 Å². The fraction of sp³-hybridized carbons (Fsp3) is 0.0625. The molecule has 4 aromatic rings. The van der Waals surface area contributed by atoms with Gasteiger partial charge in [-0.15, -0.1) is 0 Å². The number of non-ortho nitro benzene ring substituents is 1. The molecule has 0 atom stereocenters. The lowest BCUT2D eigenvalue weighted by Crippen LogP contribution is -2.31. The van der Waals surface area contributed by atoms with Crippen molar-refractivity contribution in [1.82, 2.24) is 4.90 Å². The van der Waals surface area contributed by atoms with E-state index in [4.69, 9.17) is 0 Å². The number of ketones is 1. The van der Waals surface area contributed by atoms with E-state index in [9.17, 15) is 29.3 Å².